The zero-order valence-electron chi connectivity index (χ0n) is 13.8. The molecule has 5 rings (SSSR count). The smallest absolute Gasteiger partial charge is 0.0331 e. The Bertz CT molecular complexity index is 639. The first-order valence-electron chi connectivity index (χ1n) is 8.67. The molecule has 0 radical (unpaired) electrons. The number of nitrogens with zero attached hydrogens (tertiary/aromatic N) is 3. The van der Waals surface area contributed by atoms with Crippen LogP contribution in [0, 0.1) is 12.8 Å². The second-order valence-electron chi connectivity index (χ2n) is 7.09. The molecule has 2 bridgehead atoms. The van der Waals surface area contributed by atoms with Crippen molar-refractivity contribution in [3.8, 4) is 0 Å². The van der Waals surface area contributed by atoms with Gasteiger partial charge in [0, 0.05) is 60.9 Å². The molecule has 122 valence electrons. The van der Waals surface area contributed by atoms with Gasteiger partial charge >= 0.3 is 0 Å². The summed E-state index contributed by atoms with van der Waals surface area (Å²) in [6.45, 7) is 8.11. The summed E-state index contributed by atoms with van der Waals surface area (Å²) in [5, 5.41) is 0. The maximum absolute atomic E-state index is 4.26. The molecule has 3 nitrogen and oxygen atoms in total. The van der Waals surface area contributed by atoms with Crippen LogP contribution in [-0.4, -0.2) is 40.5 Å². The highest BCUT2D eigenvalue weighted by molar-refractivity contribution is 7.11. The highest BCUT2D eigenvalue weighted by atomic mass is 32.1. The van der Waals surface area contributed by atoms with Gasteiger partial charge in [-0.3, -0.25) is 14.8 Å². The van der Waals surface area contributed by atoms with E-state index in [1.165, 1.54) is 47.8 Å². The monoisotopic (exact) mass is 327 g/mol. The van der Waals surface area contributed by atoms with Gasteiger partial charge in [0.25, 0.3) is 0 Å². The van der Waals surface area contributed by atoms with Gasteiger partial charge in [0.05, 0.1) is 0 Å². The highest BCUT2D eigenvalue weighted by Gasteiger charge is 2.34. The summed E-state index contributed by atoms with van der Waals surface area (Å²) in [7, 11) is 0. The van der Waals surface area contributed by atoms with Crippen LogP contribution in [-0.2, 0) is 13.1 Å². The van der Waals surface area contributed by atoms with Crippen molar-refractivity contribution in [2.45, 2.75) is 38.9 Å². The van der Waals surface area contributed by atoms with Gasteiger partial charge in [0.1, 0.15) is 0 Å². The summed E-state index contributed by atoms with van der Waals surface area (Å²) in [5.41, 5.74) is 1.34. The van der Waals surface area contributed by atoms with Crippen LogP contribution >= 0.6 is 11.3 Å². The summed E-state index contributed by atoms with van der Waals surface area (Å²) in [5.74, 6) is 0.825. The zero-order valence-corrected chi connectivity index (χ0v) is 14.6. The summed E-state index contributed by atoms with van der Waals surface area (Å²) in [6, 6.07) is 9.53. The minimum atomic E-state index is 0.716. The predicted molar refractivity (Wildman–Crippen MR) is 95.5 cm³/mol. The number of aryl methyl sites for hydroxylation is 1. The molecule has 0 spiro atoms. The van der Waals surface area contributed by atoms with Gasteiger partial charge in [-0.05, 0) is 49.4 Å². The van der Waals surface area contributed by atoms with Crippen molar-refractivity contribution in [2.75, 3.05) is 19.6 Å². The molecule has 4 heteroatoms. The molecule has 2 atom stereocenters. The minimum Gasteiger partial charge on any atom is -0.297 e. The van der Waals surface area contributed by atoms with E-state index in [2.05, 4.69) is 39.9 Å². The number of pyridine rings is 1. The van der Waals surface area contributed by atoms with E-state index in [1.54, 1.807) is 0 Å². The van der Waals surface area contributed by atoms with Crippen LogP contribution in [0.4, 0.5) is 0 Å². The number of thiophene rings is 1. The first-order chi connectivity index (χ1) is 11.3. The predicted octanol–water partition coefficient (Wildman–Crippen LogP) is 3.55. The van der Waals surface area contributed by atoms with Crippen LogP contribution in [0.25, 0.3) is 0 Å². The van der Waals surface area contributed by atoms with Crippen molar-refractivity contribution in [3.63, 3.8) is 0 Å². The first kappa shape index (κ1) is 15.3. The maximum atomic E-state index is 4.26. The third-order valence-electron chi connectivity index (χ3n) is 5.19. The highest BCUT2D eigenvalue weighted by Crippen LogP contribution is 2.31. The van der Waals surface area contributed by atoms with E-state index in [9.17, 15) is 0 Å². The molecule has 0 aliphatic carbocycles. The molecule has 0 unspecified atom stereocenters. The standard InChI is InChI=1S/C19H25N3S/c1-15-4-7-19(23-15)14-22-12-17-5-6-18(22)13-21(11-17)10-16-3-2-8-20-9-16/h2-4,7-9,17-18H,5-6,10-14H2,1H3/t17-,18+/m0/s1. The zero-order chi connectivity index (χ0) is 15.6. The van der Waals surface area contributed by atoms with Crippen molar-refractivity contribution >= 4 is 11.3 Å². The van der Waals surface area contributed by atoms with Crippen LogP contribution in [0.2, 0.25) is 0 Å². The minimum absolute atomic E-state index is 0.716. The lowest BCUT2D eigenvalue weighted by atomic mass is 9.95. The van der Waals surface area contributed by atoms with E-state index in [4.69, 9.17) is 0 Å². The second kappa shape index (κ2) is 6.71. The van der Waals surface area contributed by atoms with E-state index < -0.39 is 0 Å². The average Bonchev–Trinajstić information content (AvgIpc) is 2.77. The number of rotatable bonds is 4. The Morgan fingerprint density at radius 2 is 2.09 bits per heavy atom. The average molecular weight is 327 g/mol. The molecule has 3 saturated heterocycles. The van der Waals surface area contributed by atoms with Crippen LogP contribution in [0.5, 0.6) is 0 Å². The Morgan fingerprint density at radius 1 is 1.13 bits per heavy atom. The van der Waals surface area contributed by atoms with Crippen molar-refractivity contribution in [1.29, 1.82) is 0 Å². The van der Waals surface area contributed by atoms with E-state index in [0.717, 1.165) is 19.0 Å². The van der Waals surface area contributed by atoms with Gasteiger partial charge in [-0.15, -0.1) is 11.3 Å². The Kier molecular flexibility index (Phi) is 4.47. The fraction of sp³-hybridized carbons (Fsp3) is 0.526. The van der Waals surface area contributed by atoms with Crippen molar-refractivity contribution in [3.05, 3.63) is 52.0 Å². The summed E-state index contributed by atoms with van der Waals surface area (Å²) >= 11 is 1.96. The molecule has 3 fully saturated rings. The molecule has 2 aromatic heterocycles. The van der Waals surface area contributed by atoms with Crippen molar-refractivity contribution in [2.24, 2.45) is 5.92 Å². The number of hydrogen-bond acceptors (Lipinski definition) is 4. The topological polar surface area (TPSA) is 19.4 Å². The molecule has 0 saturated carbocycles. The molecule has 3 aliphatic rings. The van der Waals surface area contributed by atoms with Gasteiger partial charge in [-0.1, -0.05) is 6.07 Å². The molecular weight excluding hydrogens is 302 g/mol. The summed E-state index contributed by atoms with van der Waals surface area (Å²) < 4.78 is 0. The third kappa shape index (κ3) is 3.65. The van der Waals surface area contributed by atoms with Gasteiger partial charge in [-0.25, -0.2) is 0 Å². The summed E-state index contributed by atoms with van der Waals surface area (Å²) in [4.78, 5) is 12.6. The first-order valence-corrected chi connectivity index (χ1v) is 9.48. The van der Waals surface area contributed by atoms with E-state index in [-0.39, 0.29) is 0 Å². The summed E-state index contributed by atoms with van der Waals surface area (Å²) in [6.07, 6.45) is 6.63. The number of piperidine rings is 1. The Morgan fingerprint density at radius 3 is 2.87 bits per heavy atom. The van der Waals surface area contributed by atoms with E-state index >= 15 is 0 Å². The molecule has 3 aliphatic heterocycles. The molecule has 5 heterocycles. The van der Waals surface area contributed by atoms with Crippen LogP contribution in [0.15, 0.2) is 36.7 Å². The fourth-order valence-corrected chi connectivity index (χ4v) is 5.04. The van der Waals surface area contributed by atoms with Gasteiger partial charge in [0.2, 0.25) is 0 Å². The molecule has 23 heavy (non-hydrogen) atoms. The van der Waals surface area contributed by atoms with Gasteiger partial charge in [-0.2, -0.15) is 0 Å². The SMILES string of the molecule is Cc1ccc(CN2C[C@H]3CC[C@@H]2CN(Cc2cccnc2)C3)s1. The van der Waals surface area contributed by atoms with Gasteiger partial charge in [0.15, 0.2) is 0 Å². The normalized spacial score (nSPS) is 25.6. The van der Waals surface area contributed by atoms with Crippen LogP contribution < -0.4 is 0 Å². The molecular formula is C19H25N3S. The Hall–Kier alpha value is -1.23. The third-order valence-corrected chi connectivity index (χ3v) is 6.17. The lowest BCUT2D eigenvalue weighted by Gasteiger charge is -2.35. The Balaban J connectivity index is 1.44. The lowest BCUT2D eigenvalue weighted by Crippen LogP contribution is -2.43. The maximum Gasteiger partial charge on any atom is 0.0331 e. The van der Waals surface area contributed by atoms with Gasteiger partial charge < -0.3 is 0 Å². The molecule has 0 amide bonds. The van der Waals surface area contributed by atoms with E-state index in [1.807, 2.05) is 29.8 Å². The van der Waals surface area contributed by atoms with Crippen LogP contribution in [0.1, 0.15) is 28.2 Å². The number of aromatic nitrogens is 1. The quantitative estimate of drug-likeness (QED) is 0.856. The van der Waals surface area contributed by atoms with Crippen LogP contribution in [0.3, 0.4) is 0 Å². The second-order valence-corrected chi connectivity index (χ2v) is 8.47. The lowest BCUT2D eigenvalue weighted by molar-refractivity contribution is 0.124. The Labute approximate surface area is 143 Å². The molecule has 0 N–H and O–H groups in total. The van der Waals surface area contributed by atoms with E-state index in [0.29, 0.717) is 6.04 Å². The fourth-order valence-electron chi connectivity index (χ4n) is 4.12. The van der Waals surface area contributed by atoms with Crippen molar-refractivity contribution in [1.82, 2.24) is 14.8 Å². The van der Waals surface area contributed by atoms with Crippen molar-refractivity contribution < 1.29 is 0 Å². The molecule has 2 aromatic rings. The largest absolute Gasteiger partial charge is 0.297 e. The number of fused-ring (bicyclic) bond motifs is 4. The molecule has 0 aromatic carbocycles. The number of hydrogen-bond donors (Lipinski definition) is 0.